The fourth-order valence-electron chi connectivity index (χ4n) is 2.43. The number of halogens is 2. The molecule has 3 N–H and O–H groups in total. The Morgan fingerprint density at radius 3 is 2.68 bits per heavy atom. The van der Waals surface area contributed by atoms with Crippen LogP contribution in [0.2, 0.25) is 0 Å². The molecule has 1 fully saturated rings. The molecule has 1 aliphatic rings. The predicted molar refractivity (Wildman–Crippen MR) is 71.8 cm³/mol. The lowest BCUT2D eigenvalue weighted by Crippen LogP contribution is -2.43. The number of rotatable bonds is 5. The zero-order chi connectivity index (χ0) is 13.7. The second-order valence-electron chi connectivity index (χ2n) is 5.01. The van der Waals surface area contributed by atoms with E-state index in [-0.39, 0.29) is 6.04 Å². The van der Waals surface area contributed by atoms with Crippen molar-refractivity contribution in [2.75, 3.05) is 32.7 Å². The molecule has 1 aliphatic heterocycles. The van der Waals surface area contributed by atoms with Crippen molar-refractivity contribution in [2.45, 2.75) is 18.9 Å². The summed E-state index contributed by atoms with van der Waals surface area (Å²) >= 11 is 0. The number of nitrogens with zero attached hydrogens (tertiary/aromatic N) is 1. The fraction of sp³-hybridized carbons (Fsp3) is 0.571. The van der Waals surface area contributed by atoms with E-state index in [2.05, 4.69) is 10.2 Å². The Kier molecular flexibility index (Phi) is 5.24. The van der Waals surface area contributed by atoms with E-state index in [0.29, 0.717) is 12.0 Å². The minimum absolute atomic E-state index is 0.358. The average Bonchev–Trinajstić information content (AvgIpc) is 2.39. The molecule has 0 saturated carbocycles. The van der Waals surface area contributed by atoms with Gasteiger partial charge in [-0.1, -0.05) is 6.07 Å². The van der Waals surface area contributed by atoms with Gasteiger partial charge in [0, 0.05) is 43.9 Å². The van der Waals surface area contributed by atoms with Crippen molar-refractivity contribution in [2.24, 2.45) is 5.73 Å². The SMILES string of the molecule is NC(CCCN1CCNCC1)c1ccc(F)cc1F. The van der Waals surface area contributed by atoms with E-state index in [9.17, 15) is 8.78 Å². The van der Waals surface area contributed by atoms with Crippen LogP contribution in [0.3, 0.4) is 0 Å². The van der Waals surface area contributed by atoms with Gasteiger partial charge in [-0.2, -0.15) is 0 Å². The smallest absolute Gasteiger partial charge is 0.130 e. The molecule has 0 aliphatic carbocycles. The summed E-state index contributed by atoms with van der Waals surface area (Å²) in [6.45, 7) is 5.15. The predicted octanol–water partition coefficient (Wildman–Crippen LogP) is 1.65. The molecule has 0 bridgehead atoms. The van der Waals surface area contributed by atoms with Crippen LogP contribution in [-0.2, 0) is 0 Å². The van der Waals surface area contributed by atoms with Gasteiger partial charge in [-0.3, -0.25) is 0 Å². The number of hydrogen-bond acceptors (Lipinski definition) is 3. The van der Waals surface area contributed by atoms with E-state index in [1.54, 1.807) is 0 Å². The first kappa shape index (κ1) is 14.4. The molecular formula is C14H21F2N3. The minimum Gasteiger partial charge on any atom is -0.324 e. The van der Waals surface area contributed by atoms with Gasteiger partial charge >= 0.3 is 0 Å². The van der Waals surface area contributed by atoms with E-state index >= 15 is 0 Å². The van der Waals surface area contributed by atoms with Crippen LogP contribution in [0.25, 0.3) is 0 Å². The van der Waals surface area contributed by atoms with Crippen LogP contribution in [0.15, 0.2) is 18.2 Å². The third-order valence-electron chi connectivity index (χ3n) is 3.56. The molecule has 0 radical (unpaired) electrons. The van der Waals surface area contributed by atoms with Gasteiger partial charge in [0.1, 0.15) is 11.6 Å². The van der Waals surface area contributed by atoms with E-state index in [1.165, 1.54) is 12.1 Å². The first-order valence-electron chi connectivity index (χ1n) is 6.80. The Morgan fingerprint density at radius 1 is 1.26 bits per heavy atom. The Labute approximate surface area is 112 Å². The Bertz CT molecular complexity index is 406. The lowest BCUT2D eigenvalue weighted by molar-refractivity contribution is 0.234. The quantitative estimate of drug-likeness (QED) is 0.854. The maximum atomic E-state index is 13.5. The standard InChI is InChI=1S/C14H21F2N3/c15-11-3-4-12(13(16)10-11)14(17)2-1-7-19-8-5-18-6-9-19/h3-4,10,14,18H,1-2,5-9,17H2. The molecule has 0 aromatic heterocycles. The molecule has 1 unspecified atom stereocenters. The largest absolute Gasteiger partial charge is 0.324 e. The Balaban J connectivity index is 1.78. The summed E-state index contributed by atoms with van der Waals surface area (Å²) < 4.78 is 26.4. The van der Waals surface area contributed by atoms with Crippen molar-refractivity contribution in [3.63, 3.8) is 0 Å². The van der Waals surface area contributed by atoms with Crippen molar-refractivity contribution in [1.82, 2.24) is 10.2 Å². The molecule has 1 atom stereocenters. The van der Waals surface area contributed by atoms with Crippen molar-refractivity contribution in [3.8, 4) is 0 Å². The van der Waals surface area contributed by atoms with E-state index in [0.717, 1.165) is 45.2 Å². The number of benzene rings is 1. The maximum Gasteiger partial charge on any atom is 0.130 e. The Hall–Kier alpha value is -1.04. The molecule has 1 heterocycles. The molecule has 2 rings (SSSR count). The summed E-state index contributed by atoms with van der Waals surface area (Å²) in [7, 11) is 0. The van der Waals surface area contributed by atoms with E-state index in [1.807, 2.05) is 0 Å². The summed E-state index contributed by atoms with van der Waals surface area (Å²) in [5.41, 5.74) is 6.37. The summed E-state index contributed by atoms with van der Waals surface area (Å²) in [5.74, 6) is -1.11. The molecule has 1 saturated heterocycles. The number of piperazine rings is 1. The molecule has 106 valence electrons. The maximum absolute atomic E-state index is 13.5. The number of nitrogens with one attached hydrogen (secondary N) is 1. The highest BCUT2D eigenvalue weighted by Crippen LogP contribution is 2.20. The van der Waals surface area contributed by atoms with Crippen molar-refractivity contribution in [1.29, 1.82) is 0 Å². The van der Waals surface area contributed by atoms with Crippen LogP contribution >= 0.6 is 0 Å². The molecule has 5 heteroatoms. The normalized spacial score (nSPS) is 18.5. The third-order valence-corrected chi connectivity index (χ3v) is 3.56. The van der Waals surface area contributed by atoms with Crippen LogP contribution in [0, 0.1) is 11.6 Å². The first-order chi connectivity index (χ1) is 9.16. The first-order valence-corrected chi connectivity index (χ1v) is 6.80. The molecule has 1 aromatic rings. The van der Waals surface area contributed by atoms with Gasteiger partial charge in [0.15, 0.2) is 0 Å². The highest BCUT2D eigenvalue weighted by Gasteiger charge is 2.14. The fourth-order valence-corrected chi connectivity index (χ4v) is 2.43. The van der Waals surface area contributed by atoms with Gasteiger partial charge in [0.25, 0.3) is 0 Å². The monoisotopic (exact) mass is 269 g/mol. The zero-order valence-corrected chi connectivity index (χ0v) is 11.0. The van der Waals surface area contributed by atoms with Gasteiger partial charge in [-0.25, -0.2) is 8.78 Å². The van der Waals surface area contributed by atoms with E-state index < -0.39 is 11.6 Å². The zero-order valence-electron chi connectivity index (χ0n) is 11.0. The second kappa shape index (κ2) is 6.93. The van der Waals surface area contributed by atoms with Gasteiger partial charge in [-0.15, -0.1) is 0 Å². The van der Waals surface area contributed by atoms with Crippen LogP contribution in [0.4, 0.5) is 8.78 Å². The minimum atomic E-state index is -0.561. The highest BCUT2D eigenvalue weighted by molar-refractivity contribution is 5.21. The lowest BCUT2D eigenvalue weighted by atomic mass is 10.0. The molecular weight excluding hydrogens is 248 g/mol. The van der Waals surface area contributed by atoms with Gasteiger partial charge in [0.2, 0.25) is 0 Å². The lowest BCUT2D eigenvalue weighted by Gasteiger charge is -2.27. The molecule has 1 aromatic carbocycles. The number of nitrogens with two attached hydrogens (primary N) is 1. The average molecular weight is 269 g/mol. The van der Waals surface area contributed by atoms with E-state index in [4.69, 9.17) is 5.73 Å². The van der Waals surface area contributed by atoms with Gasteiger partial charge in [-0.05, 0) is 25.5 Å². The van der Waals surface area contributed by atoms with Crippen LogP contribution in [0.5, 0.6) is 0 Å². The topological polar surface area (TPSA) is 41.3 Å². The summed E-state index contributed by atoms with van der Waals surface area (Å²) in [4.78, 5) is 2.38. The summed E-state index contributed by atoms with van der Waals surface area (Å²) in [6.07, 6.45) is 1.64. The molecule has 19 heavy (non-hydrogen) atoms. The number of hydrogen-bond donors (Lipinski definition) is 2. The molecule has 3 nitrogen and oxygen atoms in total. The van der Waals surface area contributed by atoms with Crippen molar-refractivity contribution < 1.29 is 8.78 Å². The third kappa shape index (κ3) is 4.23. The van der Waals surface area contributed by atoms with Crippen LogP contribution in [0.1, 0.15) is 24.4 Å². The highest BCUT2D eigenvalue weighted by atomic mass is 19.1. The molecule has 0 spiro atoms. The van der Waals surface area contributed by atoms with Crippen LogP contribution in [-0.4, -0.2) is 37.6 Å². The van der Waals surface area contributed by atoms with Crippen LogP contribution < -0.4 is 11.1 Å². The second-order valence-corrected chi connectivity index (χ2v) is 5.01. The van der Waals surface area contributed by atoms with Crippen molar-refractivity contribution >= 4 is 0 Å². The Morgan fingerprint density at radius 2 is 2.00 bits per heavy atom. The van der Waals surface area contributed by atoms with Gasteiger partial charge < -0.3 is 16.0 Å². The van der Waals surface area contributed by atoms with Crippen molar-refractivity contribution in [3.05, 3.63) is 35.4 Å². The van der Waals surface area contributed by atoms with Gasteiger partial charge in [0.05, 0.1) is 0 Å². The molecule has 0 amide bonds. The summed E-state index contributed by atoms with van der Waals surface area (Å²) in [5, 5.41) is 3.30. The summed E-state index contributed by atoms with van der Waals surface area (Å²) in [6, 6.07) is 3.24.